The van der Waals surface area contributed by atoms with Crippen LogP contribution >= 0.6 is 0 Å². The highest BCUT2D eigenvalue weighted by molar-refractivity contribution is 7.91. The van der Waals surface area contributed by atoms with Crippen LogP contribution in [0.5, 0.6) is 5.75 Å². The highest BCUT2D eigenvalue weighted by atomic mass is 32.2. The van der Waals surface area contributed by atoms with E-state index in [1.165, 1.54) is 28.8 Å². The number of ether oxygens (including phenoxy) is 1. The van der Waals surface area contributed by atoms with E-state index in [1.807, 2.05) is 0 Å². The van der Waals surface area contributed by atoms with Gasteiger partial charge in [-0.2, -0.15) is 0 Å². The standard InChI is InChI=1S/C21H16F3N5O3S/c1-3-33(30,31)20-17(27-16-6-4-5-9-29(16)20)19-26-15-11-25-14-10-12(32-21(22,23)24)7-8-13(14)18(15)28(19)2/h4-11H,3H2,1-2H3. The van der Waals surface area contributed by atoms with Gasteiger partial charge in [0.2, 0.25) is 0 Å². The third-order valence-electron chi connectivity index (χ3n) is 5.28. The molecule has 0 aliphatic rings. The van der Waals surface area contributed by atoms with E-state index < -0.39 is 16.2 Å². The van der Waals surface area contributed by atoms with Gasteiger partial charge in [0.05, 0.1) is 23.0 Å². The minimum atomic E-state index is -4.82. The van der Waals surface area contributed by atoms with Crippen molar-refractivity contribution in [1.82, 2.24) is 23.9 Å². The fourth-order valence-electron chi connectivity index (χ4n) is 3.84. The van der Waals surface area contributed by atoms with Gasteiger partial charge >= 0.3 is 6.36 Å². The topological polar surface area (TPSA) is 91.4 Å². The summed E-state index contributed by atoms with van der Waals surface area (Å²) in [6.45, 7) is 1.55. The molecule has 0 N–H and O–H groups in total. The first-order valence-corrected chi connectivity index (χ1v) is 11.5. The molecule has 0 bridgehead atoms. The largest absolute Gasteiger partial charge is 0.573 e. The molecule has 33 heavy (non-hydrogen) atoms. The average Bonchev–Trinajstić information content (AvgIpc) is 3.31. The Morgan fingerprint density at radius 1 is 1.09 bits per heavy atom. The van der Waals surface area contributed by atoms with Crippen molar-refractivity contribution < 1.29 is 26.3 Å². The zero-order valence-electron chi connectivity index (χ0n) is 17.3. The number of halogens is 3. The number of nitrogens with zero attached hydrogens (tertiary/aromatic N) is 5. The number of pyridine rings is 2. The van der Waals surface area contributed by atoms with E-state index >= 15 is 0 Å². The van der Waals surface area contributed by atoms with Crippen molar-refractivity contribution in [2.75, 3.05) is 5.75 Å². The van der Waals surface area contributed by atoms with Crippen LogP contribution in [-0.2, 0) is 16.9 Å². The maximum atomic E-state index is 12.9. The van der Waals surface area contributed by atoms with Gasteiger partial charge in [-0.25, -0.2) is 18.4 Å². The third-order valence-corrected chi connectivity index (χ3v) is 7.02. The number of aromatic nitrogens is 5. The van der Waals surface area contributed by atoms with Crippen molar-refractivity contribution in [3.05, 3.63) is 48.8 Å². The Morgan fingerprint density at radius 3 is 2.61 bits per heavy atom. The number of benzene rings is 1. The highest BCUT2D eigenvalue weighted by Gasteiger charge is 2.31. The molecule has 0 saturated heterocycles. The van der Waals surface area contributed by atoms with Crippen LogP contribution in [-0.4, -0.2) is 44.5 Å². The summed E-state index contributed by atoms with van der Waals surface area (Å²) in [6, 6.07) is 9.00. The lowest BCUT2D eigenvalue weighted by Crippen LogP contribution is -2.17. The number of fused-ring (bicyclic) bond motifs is 4. The molecule has 0 atom stereocenters. The van der Waals surface area contributed by atoms with Crippen molar-refractivity contribution >= 4 is 37.4 Å². The van der Waals surface area contributed by atoms with E-state index in [2.05, 4.69) is 19.7 Å². The number of aryl methyl sites for hydroxylation is 1. The molecule has 4 aromatic heterocycles. The zero-order chi connectivity index (χ0) is 23.5. The van der Waals surface area contributed by atoms with E-state index in [0.29, 0.717) is 27.9 Å². The van der Waals surface area contributed by atoms with Crippen LogP contribution in [0.4, 0.5) is 13.2 Å². The van der Waals surface area contributed by atoms with Crippen LogP contribution in [0.2, 0.25) is 0 Å². The van der Waals surface area contributed by atoms with E-state index in [1.54, 1.807) is 42.9 Å². The Morgan fingerprint density at radius 2 is 1.88 bits per heavy atom. The lowest BCUT2D eigenvalue weighted by atomic mass is 10.2. The number of rotatable bonds is 4. The second kappa shape index (κ2) is 7.17. The molecule has 1 aromatic carbocycles. The summed E-state index contributed by atoms with van der Waals surface area (Å²) in [7, 11) is -1.98. The third kappa shape index (κ3) is 3.46. The van der Waals surface area contributed by atoms with E-state index in [0.717, 1.165) is 0 Å². The first kappa shape index (κ1) is 21.2. The number of alkyl halides is 3. The normalized spacial score (nSPS) is 12.8. The Balaban J connectivity index is 1.77. The van der Waals surface area contributed by atoms with Gasteiger partial charge in [-0.15, -0.1) is 13.2 Å². The van der Waals surface area contributed by atoms with E-state index in [-0.39, 0.29) is 27.7 Å². The number of hydrogen-bond donors (Lipinski definition) is 0. The number of sulfone groups is 1. The van der Waals surface area contributed by atoms with E-state index in [9.17, 15) is 21.6 Å². The Bertz CT molecular complexity index is 1660. The highest BCUT2D eigenvalue weighted by Crippen LogP contribution is 2.34. The maximum absolute atomic E-state index is 12.9. The molecule has 170 valence electrons. The SMILES string of the molecule is CCS(=O)(=O)c1c(-c2nc3cnc4cc(OC(F)(F)F)ccc4c3n2C)nc2ccccn12. The Kier molecular flexibility index (Phi) is 4.60. The Labute approximate surface area is 185 Å². The molecule has 0 saturated carbocycles. The lowest BCUT2D eigenvalue weighted by Gasteiger charge is -2.10. The van der Waals surface area contributed by atoms with Crippen LogP contribution in [0.3, 0.4) is 0 Å². The smallest absolute Gasteiger partial charge is 0.406 e. The van der Waals surface area contributed by atoms with Crippen molar-refractivity contribution in [2.24, 2.45) is 7.05 Å². The van der Waals surface area contributed by atoms with Gasteiger partial charge in [-0.05, 0) is 24.3 Å². The van der Waals surface area contributed by atoms with Crippen molar-refractivity contribution in [3.63, 3.8) is 0 Å². The monoisotopic (exact) mass is 475 g/mol. The summed E-state index contributed by atoms with van der Waals surface area (Å²) < 4.78 is 70.8. The molecule has 5 aromatic rings. The van der Waals surface area contributed by atoms with Crippen LogP contribution in [0.15, 0.2) is 53.8 Å². The van der Waals surface area contributed by atoms with Crippen molar-refractivity contribution in [2.45, 2.75) is 18.3 Å². The van der Waals surface area contributed by atoms with Crippen LogP contribution in [0, 0.1) is 0 Å². The van der Waals surface area contributed by atoms with Gasteiger partial charge < -0.3 is 9.30 Å². The van der Waals surface area contributed by atoms with Crippen LogP contribution < -0.4 is 4.74 Å². The molecule has 8 nitrogen and oxygen atoms in total. The number of hydrogen-bond acceptors (Lipinski definition) is 6. The minimum absolute atomic E-state index is 0.0251. The summed E-state index contributed by atoms with van der Waals surface area (Å²) in [6.07, 6.45) is -1.78. The molecular weight excluding hydrogens is 459 g/mol. The summed E-state index contributed by atoms with van der Waals surface area (Å²) in [5.74, 6) is -0.217. The summed E-state index contributed by atoms with van der Waals surface area (Å²) in [5, 5.41) is 0.559. The summed E-state index contributed by atoms with van der Waals surface area (Å²) >= 11 is 0. The maximum Gasteiger partial charge on any atom is 0.573 e. The quantitative estimate of drug-likeness (QED) is 0.388. The first-order valence-electron chi connectivity index (χ1n) is 9.80. The van der Waals surface area contributed by atoms with Crippen LogP contribution in [0.25, 0.3) is 39.1 Å². The summed E-state index contributed by atoms with van der Waals surface area (Å²) in [5.41, 5.74) is 1.93. The molecule has 0 fully saturated rings. The van der Waals surface area contributed by atoms with Gasteiger partial charge in [-0.3, -0.25) is 9.38 Å². The molecule has 0 radical (unpaired) electrons. The molecule has 5 rings (SSSR count). The molecular formula is C21H16F3N5O3S. The van der Waals surface area contributed by atoms with Gasteiger partial charge in [0, 0.05) is 24.7 Å². The Hall–Kier alpha value is -3.67. The van der Waals surface area contributed by atoms with E-state index in [4.69, 9.17) is 0 Å². The average molecular weight is 475 g/mol. The van der Waals surface area contributed by atoms with Crippen molar-refractivity contribution in [1.29, 1.82) is 0 Å². The number of imidazole rings is 2. The molecule has 0 unspecified atom stereocenters. The fourth-order valence-corrected chi connectivity index (χ4v) is 5.00. The van der Waals surface area contributed by atoms with Crippen LogP contribution in [0.1, 0.15) is 6.92 Å². The van der Waals surface area contributed by atoms with Gasteiger partial charge in [-0.1, -0.05) is 13.0 Å². The predicted molar refractivity (Wildman–Crippen MR) is 115 cm³/mol. The van der Waals surface area contributed by atoms with Gasteiger partial charge in [0.1, 0.15) is 22.6 Å². The minimum Gasteiger partial charge on any atom is -0.406 e. The summed E-state index contributed by atoms with van der Waals surface area (Å²) in [4.78, 5) is 13.3. The fraction of sp³-hybridized carbons (Fsp3) is 0.190. The molecule has 0 aliphatic heterocycles. The predicted octanol–water partition coefficient (Wildman–Crippen LogP) is 4.13. The molecule has 4 heterocycles. The second-order valence-electron chi connectivity index (χ2n) is 7.31. The van der Waals surface area contributed by atoms with Gasteiger partial charge in [0.25, 0.3) is 0 Å². The molecule has 0 amide bonds. The zero-order valence-corrected chi connectivity index (χ0v) is 18.1. The molecule has 0 spiro atoms. The van der Waals surface area contributed by atoms with Crippen molar-refractivity contribution in [3.8, 4) is 17.3 Å². The first-order chi connectivity index (χ1) is 15.6. The molecule has 12 heteroatoms. The molecule has 0 aliphatic carbocycles. The van der Waals surface area contributed by atoms with Gasteiger partial charge in [0.15, 0.2) is 20.7 Å². The second-order valence-corrected chi connectivity index (χ2v) is 9.50. The lowest BCUT2D eigenvalue weighted by molar-refractivity contribution is -0.274.